The SMILES string of the molecule is CSCCC(C)N(C)c1ccc(/C(N)=N/O)cc1[N+](=O)[O-]. The van der Waals surface area contributed by atoms with Gasteiger partial charge >= 0.3 is 0 Å². The smallest absolute Gasteiger partial charge is 0.293 e. The quantitative estimate of drug-likeness (QED) is 0.263. The number of nitrogens with zero attached hydrogens (tertiary/aromatic N) is 3. The molecule has 0 radical (unpaired) electrons. The van der Waals surface area contributed by atoms with Gasteiger partial charge in [0.05, 0.1) is 4.92 Å². The lowest BCUT2D eigenvalue weighted by Crippen LogP contribution is -2.30. The van der Waals surface area contributed by atoms with E-state index in [4.69, 9.17) is 10.9 Å². The molecule has 0 fully saturated rings. The Morgan fingerprint density at radius 2 is 2.29 bits per heavy atom. The molecule has 1 aromatic carbocycles. The maximum Gasteiger partial charge on any atom is 0.293 e. The van der Waals surface area contributed by atoms with E-state index >= 15 is 0 Å². The highest BCUT2D eigenvalue weighted by Gasteiger charge is 2.21. The number of rotatable bonds is 7. The van der Waals surface area contributed by atoms with Crippen LogP contribution in [0, 0.1) is 10.1 Å². The summed E-state index contributed by atoms with van der Waals surface area (Å²) in [5.74, 6) is 0.837. The molecular weight excluding hydrogens is 292 g/mol. The maximum atomic E-state index is 11.3. The maximum absolute atomic E-state index is 11.3. The number of nitro benzene ring substituents is 1. The average molecular weight is 312 g/mol. The summed E-state index contributed by atoms with van der Waals surface area (Å²) in [4.78, 5) is 12.7. The second-order valence-corrected chi connectivity index (χ2v) is 5.67. The van der Waals surface area contributed by atoms with Crippen molar-refractivity contribution in [2.45, 2.75) is 19.4 Å². The van der Waals surface area contributed by atoms with E-state index < -0.39 is 4.92 Å². The van der Waals surface area contributed by atoms with E-state index in [1.165, 1.54) is 6.07 Å². The molecule has 1 rings (SSSR count). The van der Waals surface area contributed by atoms with Gasteiger partial charge in [-0.15, -0.1) is 0 Å². The summed E-state index contributed by atoms with van der Waals surface area (Å²) in [6.45, 7) is 2.03. The minimum atomic E-state index is -0.457. The van der Waals surface area contributed by atoms with Crippen molar-refractivity contribution in [3.63, 3.8) is 0 Å². The van der Waals surface area contributed by atoms with Crippen LogP contribution >= 0.6 is 11.8 Å². The molecule has 0 amide bonds. The predicted octanol–water partition coefficient (Wildman–Crippen LogP) is 2.27. The summed E-state index contributed by atoms with van der Waals surface area (Å²) in [6.07, 6.45) is 2.96. The second kappa shape index (κ2) is 7.72. The summed E-state index contributed by atoms with van der Waals surface area (Å²) in [5.41, 5.74) is 6.25. The van der Waals surface area contributed by atoms with Gasteiger partial charge < -0.3 is 15.8 Å². The first kappa shape index (κ1) is 17.1. The monoisotopic (exact) mass is 312 g/mol. The van der Waals surface area contributed by atoms with Gasteiger partial charge in [-0.25, -0.2) is 0 Å². The summed E-state index contributed by atoms with van der Waals surface area (Å²) >= 11 is 1.74. The Kier molecular flexibility index (Phi) is 6.29. The highest BCUT2D eigenvalue weighted by atomic mass is 32.2. The first-order valence-electron chi connectivity index (χ1n) is 6.40. The second-order valence-electron chi connectivity index (χ2n) is 4.69. The van der Waals surface area contributed by atoms with E-state index in [2.05, 4.69) is 5.16 Å². The van der Waals surface area contributed by atoms with E-state index in [1.54, 1.807) is 23.9 Å². The van der Waals surface area contributed by atoms with Crippen LogP contribution < -0.4 is 10.6 Å². The molecule has 0 aliphatic heterocycles. The summed E-state index contributed by atoms with van der Waals surface area (Å²) < 4.78 is 0. The Balaban J connectivity index is 3.14. The third-order valence-corrected chi connectivity index (χ3v) is 4.00. The number of hydrogen-bond donors (Lipinski definition) is 2. The zero-order chi connectivity index (χ0) is 16.0. The van der Waals surface area contributed by atoms with Gasteiger partial charge in [-0.2, -0.15) is 11.8 Å². The first-order valence-corrected chi connectivity index (χ1v) is 7.79. The summed E-state index contributed by atoms with van der Waals surface area (Å²) in [5, 5.41) is 22.8. The molecule has 116 valence electrons. The molecule has 0 spiro atoms. The van der Waals surface area contributed by atoms with Crippen LogP contribution in [0.15, 0.2) is 23.4 Å². The fourth-order valence-corrected chi connectivity index (χ4v) is 2.48. The molecule has 1 aromatic rings. The van der Waals surface area contributed by atoms with Crippen molar-refractivity contribution in [2.24, 2.45) is 10.9 Å². The van der Waals surface area contributed by atoms with Crippen LogP contribution in [-0.4, -0.2) is 41.1 Å². The van der Waals surface area contributed by atoms with Crippen LogP contribution in [0.25, 0.3) is 0 Å². The average Bonchev–Trinajstić information content (AvgIpc) is 2.50. The van der Waals surface area contributed by atoms with Crippen LogP contribution in [0.5, 0.6) is 0 Å². The van der Waals surface area contributed by atoms with Crippen molar-refractivity contribution in [1.82, 2.24) is 0 Å². The Bertz CT molecular complexity index is 536. The number of hydrogen-bond acceptors (Lipinski definition) is 6. The normalized spacial score (nSPS) is 13.0. The topological polar surface area (TPSA) is 105 Å². The Morgan fingerprint density at radius 3 is 2.81 bits per heavy atom. The predicted molar refractivity (Wildman–Crippen MR) is 86.5 cm³/mol. The zero-order valence-electron chi connectivity index (χ0n) is 12.3. The minimum absolute atomic E-state index is 0.0578. The third kappa shape index (κ3) is 4.25. The van der Waals surface area contributed by atoms with E-state index in [9.17, 15) is 10.1 Å². The van der Waals surface area contributed by atoms with Gasteiger partial charge in [-0.05, 0) is 37.5 Å². The molecular formula is C13H20N4O3S. The van der Waals surface area contributed by atoms with Gasteiger partial charge in [-0.3, -0.25) is 10.1 Å². The van der Waals surface area contributed by atoms with Crippen molar-refractivity contribution < 1.29 is 10.1 Å². The van der Waals surface area contributed by atoms with Crippen LogP contribution in [0.4, 0.5) is 11.4 Å². The Morgan fingerprint density at radius 1 is 1.62 bits per heavy atom. The van der Waals surface area contributed by atoms with Gasteiger partial charge in [0.1, 0.15) is 5.69 Å². The van der Waals surface area contributed by atoms with E-state index in [0.29, 0.717) is 11.3 Å². The standard InChI is InChI=1S/C13H20N4O3S/c1-9(6-7-21-3)16(2)11-5-4-10(13(14)15-18)8-12(11)17(19)20/h4-5,8-9,18H,6-7H2,1-3H3,(H2,14,15). The third-order valence-electron chi connectivity index (χ3n) is 3.36. The molecule has 21 heavy (non-hydrogen) atoms. The molecule has 0 aliphatic rings. The van der Waals surface area contributed by atoms with Crippen LogP contribution in [0.2, 0.25) is 0 Å². The lowest BCUT2D eigenvalue weighted by Gasteiger charge is -2.26. The molecule has 3 N–H and O–H groups in total. The zero-order valence-corrected chi connectivity index (χ0v) is 13.1. The molecule has 0 saturated heterocycles. The van der Waals surface area contributed by atoms with Crippen molar-refractivity contribution in [1.29, 1.82) is 0 Å². The molecule has 1 unspecified atom stereocenters. The largest absolute Gasteiger partial charge is 0.409 e. The van der Waals surface area contributed by atoms with Crippen molar-refractivity contribution >= 4 is 29.0 Å². The van der Waals surface area contributed by atoms with Crippen LogP contribution in [-0.2, 0) is 0 Å². The number of oxime groups is 1. The summed E-state index contributed by atoms with van der Waals surface area (Å²) in [7, 11) is 1.83. The Labute approximate surface area is 128 Å². The fourth-order valence-electron chi connectivity index (χ4n) is 1.90. The summed E-state index contributed by atoms with van der Waals surface area (Å²) in [6, 6.07) is 4.73. The molecule has 0 heterocycles. The molecule has 1 atom stereocenters. The molecule has 7 nitrogen and oxygen atoms in total. The van der Waals surface area contributed by atoms with E-state index in [-0.39, 0.29) is 17.6 Å². The fraction of sp³-hybridized carbons (Fsp3) is 0.462. The van der Waals surface area contributed by atoms with Crippen LogP contribution in [0.1, 0.15) is 18.9 Å². The number of anilines is 1. The first-order chi connectivity index (χ1) is 9.92. The van der Waals surface area contributed by atoms with Crippen LogP contribution in [0.3, 0.4) is 0 Å². The van der Waals surface area contributed by atoms with Crippen molar-refractivity contribution in [3.05, 3.63) is 33.9 Å². The molecule has 0 saturated carbocycles. The molecule has 8 heteroatoms. The number of nitrogens with two attached hydrogens (primary N) is 1. The van der Waals surface area contributed by atoms with Gasteiger partial charge in [0.2, 0.25) is 0 Å². The van der Waals surface area contributed by atoms with Gasteiger partial charge in [0, 0.05) is 24.7 Å². The van der Waals surface area contributed by atoms with E-state index in [0.717, 1.165) is 12.2 Å². The number of nitro groups is 1. The Hall–Kier alpha value is -1.96. The molecule has 0 aromatic heterocycles. The highest BCUT2D eigenvalue weighted by Crippen LogP contribution is 2.30. The molecule has 0 bridgehead atoms. The highest BCUT2D eigenvalue weighted by molar-refractivity contribution is 7.98. The molecule has 0 aliphatic carbocycles. The number of thioether (sulfide) groups is 1. The lowest BCUT2D eigenvalue weighted by atomic mass is 10.1. The van der Waals surface area contributed by atoms with Gasteiger partial charge in [0.25, 0.3) is 5.69 Å². The number of amidine groups is 1. The number of benzene rings is 1. The van der Waals surface area contributed by atoms with Crippen molar-refractivity contribution in [3.8, 4) is 0 Å². The van der Waals surface area contributed by atoms with Crippen molar-refractivity contribution in [2.75, 3.05) is 24.0 Å². The van der Waals surface area contributed by atoms with Gasteiger partial charge in [0.15, 0.2) is 5.84 Å². The lowest BCUT2D eigenvalue weighted by molar-refractivity contribution is -0.384. The van der Waals surface area contributed by atoms with E-state index in [1.807, 2.05) is 25.1 Å². The minimum Gasteiger partial charge on any atom is -0.409 e. The van der Waals surface area contributed by atoms with Gasteiger partial charge in [-0.1, -0.05) is 5.16 Å².